The van der Waals surface area contributed by atoms with E-state index in [9.17, 15) is 14.0 Å². The molecule has 0 saturated heterocycles. The number of aliphatic imine (C=N–C) groups is 1. The summed E-state index contributed by atoms with van der Waals surface area (Å²) < 4.78 is 19.0. The van der Waals surface area contributed by atoms with Crippen molar-refractivity contribution in [2.24, 2.45) is 4.99 Å². The number of allylic oxidation sites excluding steroid dienone is 1. The van der Waals surface area contributed by atoms with Crippen LogP contribution in [0.5, 0.6) is 0 Å². The molecule has 2 aromatic carbocycles. The number of esters is 1. The van der Waals surface area contributed by atoms with Crippen molar-refractivity contribution in [3.8, 4) is 0 Å². The van der Waals surface area contributed by atoms with Crippen LogP contribution in [0.2, 0.25) is 0 Å². The highest BCUT2D eigenvalue weighted by Crippen LogP contribution is 2.44. The van der Waals surface area contributed by atoms with E-state index in [4.69, 9.17) is 4.74 Å². The van der Waals surface area contributed by atoms with Gasteiger partial charge in [-0.2, -0.15) is 0 Å². The van der Waals surface area contributed by atoms with Gasteiger partial charge in [0.25, 0.3) is 0 Å². The number of amides is 1. The molecular weight excluding hydrogens is 465 g/mol. The molecule has 1 atom stereocenters. The second kappa shape index (κ2) is 10.5. The Bertz CT molecular complexity index is 1230. The average molecular weight is 494 g/mol. The van der Waals surface area contributed by atoms with E-state index < -0.39 is 12.0 Å². The fourth-order valence-corrected chi connectivity index (χ4v) is 5.01. The number of hydrogen-bond acceptors (Lipinski definition) is 6. The van der Waals surface area contributed by atoms with Gasteiger partial charge in [0.1, 0.15) is 5.82 Å². The lowest BCUT2D eigenvalue weighted by atomic mass is 9.93. The van der Waals surface area contributed by atoms with E-state index in [0.717, 1.165) is 16.8 Å². The number of rotatable bonds is 7. The SMILES string of the molecule is CC1=C(C(=O)OC(C)C)[C@H](c2ccc(C)cc2)N2C(CC(=O)NCc3cccc(F)c3)=CSC2=N1. The fourth-order valence-electron chi connectivity index (χ4n) is 4.05. The van der Waals surface area contributed by atoms with Crippen LogP contribution in [0.1, 0.15) is 49.9 Å². The highest BCUT2D eigenvalue weighted by Gasteiger charge is 2.41. The minimum Gasteiger partial charge on any atom is -0.459 e. The summed E-state index contributed by atoms with van der Waals surface area (Å²) in [6.07, 6.45) is -0.182. The van der Waals surface area contributed by atoms with Gasteiger partial charge in [-0.1, -0.05) is 53.7 Å². The van der Waals surface area contributed by atoms with Crippen molar-refractivity contribution in [1.29, 1.82) is 0 Å². The van der Waals surface area contributed by atoms with E-state index in [1.807, 2.05) is 62.3 Å². The van der Waals surface area contributed by atoms with Crippen molar-refractivity contribution in [2.45, 2.75) is 52.8 Å². The molecule has 2 heterocycles. The van der Waals surface area contributed by atoms with Gasteiger partial charge in [-0.3, -0.25) is 4.79 Å². The largest absolute Gasteiger partial charge is 0.459 e. The monoisotopic (exact) mass is 493 g/mol. The van der Waals surface area contributed by atoms with E-state index in [-0.39, 0.29) is 30.8 Å². The van der Waals surface area contributed by atoms with Crippen molar-refractivity contribution >= 4 is 28.8 Å². The number of carbonyl (C=O) groups excluding carboxylic acids is 2. The van der Waals surface area contributed by atoms with Crippen LogP contribution < -0.4 is 5.32 Å². The summed E-state index contributed by atoms with van der Waals surface area (Å²) in [4.78, 5) is 32.6. The van der Waals surface area contributed by atoms with Crippen molar-refractivity contribution in [1.82, 2.24) is 10.2 Å². The third-order valence-corrected chi connectivity index (χ3v) is 6.57. The Hall–Kier alpha value is -3.39. The van der Waals surface area contributed by atoms with E-state index in [2.05, 4.69) is 10.3 Å². The average Bonchev–Trinajstić information content (AvgIpc) is 3.18. The first-order valence-electron chi connectivity index (χ1n) is 11.5. The molecule has 1 amide bonds. The van der Waals surface area contributed by atoms with Gasteiger partial charge in [-0.25, -0.2) is 14.2 Å². The van der Waals surface area contributed by atoms with Crippen LogP contribution in [-0.4, -0.2) is 28.0 Å². The number of fused-ring (bicyclic) bond motifs is 1. The molecule has 1 N–H and O–H groups in total. The molecule has 0 aromatic heterocycles. The number of nitrogens with zero attached hydrogens (tertiary/aromatic N) is 2. The molecule has 0 spiro atoms. The Labute approximate surface area is 209 Å². The maximum absolute atomic E-state index is 13.5. The summed E-state index contributed by atoms with van der Waals surface area (Å²) in [5, 5.41) is 5.46. The minimum atomic E-state index is -0.466. The highest BCUT2D eigenvalue weighted by molar-refractivity contribution is 8.16. The van der Waals surface area contributed by atoms with E-state index in [1.165, 1.54) is 23.9 Å². The molecule has 0 unspecified atom stereocenters. The first kappa shape index (κ1) is 24.7. The zero-order valence-electron chi connectivity index (χ0n) is 20.2. The molecule has 0 aliphatic carbocycles. The summed E-state index contributed by atoms with van der Waals surface area (Å²) in [6.45, 7) is 7.67. The van der Waals surface area contributed by atoms with Gasteiger partial charge in [0, 0.05) is 12.2 Å². The first-order valence-corrected chi connectivity index (χ1v) is 12.3. The lowest BCUT2D eigenvalue weighted by Gasteiger charge is -2.36. The summed E-state index contributed by atoms with van der Waals surface area (Å²) in [5.74, 6) is -0.968. The summed E-state index contributed by atoms with van der Waals surface area (Å²) in [7, 11) is 0. The van der Waals surface area contributed by atoms with Crippen LogP contribution in [0.4, 0.5) is 4.39 Å². The summed E-state index contributed by atoms with van der Waals surface area (Å²) in [6, 6.07) is 13.7. The maximum atomic E-state index is 13.5. The topological polar surface area (TPSA) is 71.0 Å². The lowest BCUT2D eigenvalue weighted by Crippen LogP contribution is -2.38. The van der Waals surface area contributed by atoms with Crippen LogP contribution in [0.25, 0.3) is 0 Å². The van der Waals surface area contributed by atoms with E-state index >= 15 is 0 Å². The molecule has 2 aliphatic heterocycles. The molecule has 0 radical (unpaired) electrons. The smallest absolute Gasteiger partial charge is 0.338 e. The number of ether oxygens (including phenoxy) is 1. The van der Waals surface area contributed by atoms with E-state index in [1.54, 1.807) is 12.1 Å². The van der Waals surface area contributed by atoms with Crippen LogP contribution in [-0.2, 0) is 20.9 Å². The van der Waals surface area contributed by atoms with Gasteiger partial charge in [-0.15, -0.1) is 0 Å². The second-order valence-electron chi connectivity index (χ2n) is 8.84. The van der Waals surface area contributed by atoms with Gasteiger partial charge < -0.3 is 15.0 Å². The van der Waals surface area contributed by atoms with Crippen LogP contribution >= 0.6 is 11.8 Å². The van der Waals surface area contributed by atoms with Crippen LogP contribution in [0.3, 0.4) is 0 Å². The number of halogens is 1. The Morgan fingerprint density at radius 2 is 1.91 bits per heavy atom. The lowest BCUT2D eigenvalue weighted by molar-refractivity contribution is -0.143. The predicted molar refractivity (Wildman–Crippen MR) is 136 cm³/mol. The Kier molecular flexibility index (Phi) is 7.40. The van der Waals surface area contributed by atoms with Gasteiger partial charge >= 0.3 is 5.97 Å². The molecule has 6 nitrogen and oxygen atoms in total. The number of amidine groups is 1. The van der Waals surface area contributed by atoms with Crippen molar-refractivity contribution in [2.75, 3.05) is 0 Å². The van der Waals surface area contributed by atoms with Gasteiger partial charge in [-0.05, 0) is 56.4 Å². The standard InChI is InChI=1S/C27H28FN3O3S/c1-16(2)34-26(33)24-18(4)30-27-31(25(24)20-10-8-17(3)9-11-20)22(15-35-27)13-23(32)29-14-19-6-5-7-21(28)12-19/h5-12,15-16,25H,13-14H2,1-4H3,(H,29,32)/t25-/m0/s1. The van der Waals surface area contributed by atoms with Crippen molar-refractivity contribution < 1.29 is 18.7 Å². The van der Waals surface area contributed by atoms with Crippen LogP contribution in [0, 0.1) is 12.7 Å². The molecular formula is C27H28FN3O3S. The predicted octanol–water partition coefficient (Wildman–Crippen LogP) is 5.37. The van der Waals surface area contributed by atoms with Crippen LogP contribution in [0.15, 0.2) is 75.9 Å². The summed E-state index contributed by atoms with van der Waals surface area (Å²) in [5.41, 5.74) is 4.49. The third kappa shape index (κ3) is 5.65. The Balaban J connectivity index is 1.60. The normalized spacial score (nSPS) is 17.2. The van der Waals surface area contributed by atoms with Gasteiger partial charge in [0.05, 0.1) is 29.8 Å². The zero-order valence-corrected chi connectivity index (χ0v) is 21.0. The Morgan fingerprint density at radius 1 is 1.17 bits per heavy atom. The molecule has 0 bridgehead atoms. The number of thioether (sulfide) groups is 1. The molecule has 35 heavy (non-hydrogen) atoms. The van der Waals surface area contributed by atoms with Gasteiger partial charge in [0.2, 0.25) is 5.91 Å². The molecule has 8 heteroatoms. The molecule has 0 fully saturated rings. The first-order chi connectivity index (χ1) is 16.7. The number of benzene rings is 2. The quantitative estimate of drug-likeness (QED) is 0.526. The Morgan fingerprint density at radius 3 is 2.60 bits per heavy atom. The highest BCUT2D eigenvalue weighted by atomic mass is 32.2. The molecule has 2 aromatic rings. The molecule has 0 saturated carbocycles. The number of aryl methyl sites for hydroxylation is 1. The molecule has 2 aliphatic rings. The second-order valence-corrected chi connectivity index (χ2v) is 9.68. The molecule has 182 valence electrons. The fraction of sp³-hybridized carbons (Fsp3) is 0.296. The summed E-state index contributed by atoms with van der Waals surface area (Å²) >= 11 is 1.42. The minimum absolute atomic E-state index is 0.0925. The maximum Gasteiger partial charge on any atom is 0.338 e. The van der Waals surface area contributed by atoms with Crippen molar-refractivity contribution in [3.63, 3.8) is 0 Å². The van der Waals surface area contributed by atoms with E-state index in [0.29, 0.717) is 22.0 Å². The zero-order chi connectivity index (χ0) is 25.1. The number of nitrogens with one attached hydrogen (secondary N) is 1. The number of carbonyl (C=O) groups is 2. The molecule has 4 rings (SSSR count). The van der Waals surface area contributed by atoms with Gasteiger partial charge in [0.15, 0.2) is 5.17 Å². The third-order valence-electron chi connectivity index (χ3n) is 5.68. The van der Waals surface area contributed by atoms with Crippen molar-refractivity contribution in [3.05, 3.63) is 93.4 Å². The number of hydrogen-bond donors (Lipinski definition) is 1.